The molecule has 126 valence electrons. The summed E-state index contributed by atoms with van der Waals surface area (Å²) >= 11 is 0. The maximum Gasteiger partial charge on any atom is 0.276 e. The molecule has 0 saturated heterocycles. The number of nitrogens with zero attached hydrogens (tertiary/aromatic N) is 2. The number of aromatic nitrogens is 2. The SMILES string of the molecule is CC(C)n1ccc(C(=O)Nc2ccc(CC(=O)NC3CC3)cc2)n1. The van der Waals surface area contributed by atoms with Crippen molar-refractivity contribution in [1.29, 1.82) is 0 Å². The molecule has 2 N–H and O–H groups in total. The predicted octanol–water partition coefficient (Wildman–Crippen LogP) is 2.54. The van der Waals surface area contributed by atoms with Crippen molar-refractivity contribution in [2.24, 2.45) is 0 Å². The lowest BCUT2D eigenvalue weighted by atomic mass is 10.1. The van der Waals surface area contributed by atoms with Gasteiger partial charge in [-0.05, 0) is 50.5 Å². The fourth-order valence-corrected chi connectivity index (χ4v) is 2.34. The van der Waals surface area contributed by atoms with E-state index in [0.717, 1.165) is 18.4 Å². The molecular weight excluding hydrogens is 304 g/mol. The first-order chi connectivity index (χ1) is 11.5. The maximum atomic E-state index is 12.2. The lowest BCUT2D eigenvalue weighted by molar-refractivity contribution is -0.120. The van der Waals surface area contributed by atoms with Crippen molar-refractivity contribution < 1.29 is 9.59 Å². The Hall–Kier alpha value is -2.63. The van der Waals surface area contributed by atoms with Crippen molar-refractivity contribution in [1.82, 2.24) is 15.1 Å². The lowest BCUT2D eigenvalue weighted by Gasteiger charge is -2.07. The molecule has 6 nitrogen and oxygen atoms in total. The fourth-order valence-electron chi connectivity index (χ4n) is 2.34. The number of anilines is 1. The first-order valence-electron chi connectivity index (χ1n) is 8.26. The van der Waals surface area contributed by atoms with E-state index in [1.54, 1.807) is 29.1 Å². The van der Waals surface area contributed by atoms with Gasteiger partial charge in [-0.25, -0.2) is 0 Å². The predicted molar refractivity (Wildman–Crippen MR) is 91.9 cm³/mol. The van der Waals surface area contributed by atoms with Gasteiger partial charge in [-0.15, -0.1) is 0 Å². The molecule has 1 saturated carbocycles. The largest absolute Gasteiger partial charge is 0.353 e. The van der Waals surface area contributed by atoms with E-state index in [2.05, 4.69) is 15.7 Å². The number of hydrogen-bond donors (Lipinski definition) is 2. The molecule has 0 radical (unpaired) electrons. The fraction of sp³-hybridized carbons (Fsp3) is 0.389. The van der Waals surface area contributed by atoms with Gasteiger partial charge in [-0.2, -0.15) is 5.10 Å². The van der Waals surface area contributed by atoms with E-state index in [9.17, 15) is 9.59 Å². The summed E-state index contributed by atoms with van der Waals surface area (Å²) in [6, 6.07) is 9.61. The Morgan fingerprint density at radius 1 is 1.21 bits per heavy atom. The van der Waals surface area contributed by atoms with Crippen molar-refractivity contribution in [3.05, 3.63) is 47.8 Å². The molecule has 1 aromatic carbocycles. The van der Waals surface area contributed by atoms with E-state index in [1.807, 2.05) is 26.0 Å². The first-order valence-corrected chi connectivity index (χ1v) is 8.26. The van der Waals surface area contributed by atoms with Gasteiger partial charge in [0.05, 0.1) is 6.42 Å². The van der Waals surface area contributed by atoms with Crippen LogP contribution in [0.4, 0.5) is 5.69 Å². The van der Waals surface area contributed by atoms with E-state index in [0.29, 0.717) is 23.8 Å². The zero-order valence-corrected chi connectivity index (χ0v) is 14.0. The molecule has 0 unspecified atom stereocenters. The minimum atomic E-state index is -0.242. The summed E-state index contributed by atoms with van der Waals surface area (Å²) in [7, 11) is 0. The molecule has 1 aliphatic rings. The molecule has 1 aliphatic carbocycles. The number of benzene rings is 1. The summed E-state index contributed by atoms with van der Waals surface area (Å²) in [5.41, 5.74) is 2.00. The number of amides is 2. The molecule has 2 aromatic rings. The molecule has 3 rings (SSSR count). The topological polar surface area (TPSA) is 76.0 Å². The number of hydrogen-bond acceptors (Lipinski definition) is 3. The summed E-state index contributed by atoms with van der Waals surface area (Å²) < 4.78 is 1.75. The van der Waals surface area contributed by atoms with Crippen molar-refractivity contribution >= 4 is 17.5 Å². The summed E-state index contributed by atoms with van der Waals surface area (Å²) in [6.07, 6.45) is 4.33. The Morgan fingerprint density at radius 2 is 1.92 bits per heavy atom. The van der Waals surface area contributed by atoms with Crippen LogP contribution in [0, 0.1) is 0 Å². The Labute approximate surface area is 141 Å². The second kappa shape index (κ2) is 6.86. The van der Waals surface area contributed by atoms with E-state index >= 15 is 0 Å². The van der Waals surface area contributed by atoms with Gasteiger partial charge in [0.1, 0.15) is 0 Å². The van der Waals surface area contributed by atoms with Gasteiger partial charge in [-0.3, -0.25) is 14.3 Å². The molecule has 0 aliphatic heterocycles. The monoisotopic (exact) mass is 326 g/mol. The van der Waals surface area contributed by atoms with Crippen LogP contribution in [-0.4, -0.2) is 27.6 Å². The molecule has 1 heterocycles. The Balaban J connectivity index is 1.56. The highest BCUT2D eigenvalue weighted by Gasteiger charge is 2.23. The number of carbonyl (C=O) groups excluding carboxylic acids is 2. The van der Waals surface area contributed by atoms with Crippen molar-refractivity contribution in [3.8, 4) is 0 Å². The number of rotatable bonds is 6. The highest BCUT2D eigenvalue weighted by molar-refractivity contribution is 6.02. The van der Waals surface area contributed by atoms with E-state index in [-0.39, 0.29) is 17.9 Å². The van der Waals surface area contributed by atoms with Crippen LogP contribution in [0.2, 0.25) is 0 Å². The van der Waals surface area contributed by atoms with Crippen LogP contribution in [-0.2, 0) is 11.2 Å². The average molecular weight is 326 g/mol. The summed E-state index contributed by atoms with van der Waals surface area (Å²) in [5, 5.41) is 10.0. The lowest BCUT2D eigenvalue weighted by Crippen LogP contribution is -2.26. The zero-order chi connectivity index (χ0) is 17.1. The normalized spacial score (nSPS) is 13.8. The van der Waals surface area contributed by atoms with Gasteiger partial charge >= 0.3 is 0 Å². The van der Waals surface area contributed by atoms with Gasteiger partial charge in [0, 0.05) is 24.0 Å². The van der Waals surface area contributed by atoms with E-state index < -0.39 is 0 Å². The molecular formula is C18H22N4O2. The van der Waals surface area contributed by atoms with Crippen LogP contribution < -0.4 is 10.6 Å². The highest BCUT2D eigenvalue weighted by atomic mass is 16.2. The second-order valence-electron chi connectivity index (χ2n) is 6.44. The van der Waals surface area contributed by atoms with E-state index in [4.69, 9.17) is 0 Å². The summed E-state index contributed by atoms with van der Waals surface area (Å²) in [4.78, 5) is 24.0. The van der Waals surface area contributed by atoms with E-state index in [1.165, 1.54) is 0 Å². The van der Waals surface area contributed by atoms with Crippen molar-refractivity contribution in [3.63, 3.8) is 0 Å². The van der Waals surface area contributed by atoms with Crippen LogP contribution in [0.3, 0.4) is 0 Å². The van der Waals surface area contributed by atoms with Crippen LogP contribution in [0.25, 0.3) is 0 Å². The van der Waals surface area contributed by atoms with Crippen LogP contribution in [0.5, 0.6) is 0 Å². The first kappa shape index (κ1) is 16.2. The molecule has 6 heteroatoms. The third kappa shape index (κ3) is 4.22. The van der Waals surface area contributed by atoms with Crippen molar-refractivity contribution in [2.45, 2.75) is 45.2 Å². The second-order valence-corrected chi connectivity index (χ2v) is 6.44. The minimum absolute atomic E-state index is 0.0495. The summed E-state index contributed by atoms with van der Waals surface area (Å²) in [6.45, 7) is 4.01. The van der Waals surface area contributed by atoms with Gasteiger partial charge in [0.2, 0.25) is 5.91 Å². The Kier molecular flexibility index (Phi) is 4.64. The smallest absolute Gasteiger partial charge is 0.276 e. The third-order valence-electron chi connectivity index (χ3n) is 3.89. The minimum Gasteiger partial charge on any atom is -0.353 e. The summed E-state index contributed by atoms with van der Waals surface area (Å²) in [5.74, 6) is -0.192. The molecule has 1 aromatic heterocycles. The average Bonchev–Trinajstić information content (AvgIpc) is 3.20. The van der Waals surface area contributed by atoms with Crippen LogP contribution in [0.15, 0.2) is 36.5 Å². The zero-order valence-electron chi connectivity index (χ0n) is 14.0. The molecule has 0 bridgehead atoms. The Morgan fingerprint density at radius 3 is 2.50 bits per heavy atom. The Bertz CT molecular complexity index is 730. The van der Waals surface area contributed by atoms with Crippen molar-refractivity contribution in [2.75, 3.05) is 5.32 Å². The molecule has 0 atom stereocenters. The standard InChI is InChI=1S/C18H22N4O2/c1-12(2)22-10-9-16(21-22)18(24)20-15-5-3-13(4-6-15)11-17(23)19-14-7-8-14/h3-6,9-10,12,14H,7-8,11H2,1-2H3,(H,19,23)(H,20,24). The third-order valence-corrected chi connectivity index (χ3v) is 3.89. The van der Waals surface area contributed by atoms with Gasteiger partial charge in [0.25, 0.3) is 5.91 Å². The van der Waals surface area contributed by atoms with Gasteiger partial charge < -0.3 is 10.6 Å². The van der Waals surface area contributed by atoms with Crippen LogP contribution in [0.1, 0.15) is 48.8 Å². The quantitative estimate of drug-likeness (QED) is 0.856. The molecule has 2 amide bonds. The maximum absolute atomic E-state index is 12.2. The highest BCUT2D eigenvalue weighted by Crippen LogP contribution is 2.19. The van der Waals surface area contributed by atoms with Crippen LogP contribution >= 0.6 is 0 Å². The van der Waals surface area contributed by atoms with Gasteiger partial charge in [-0.1, -0.05) is 12.1 Å². The molecule has 24 heavy (non-hydrogen) atoms. The molecule has 0 spiro atoms. The number of nitrogens with one attached hydrogen (secondary N) is 2. The number of carbonyl (C=O) groups is 2. The van der Waals surface area contributed by atoms with Gasteiger partial charge in [0.15, 0.2) is 5.69 Å². The molecule has 1 fully saturated rings.